The highest BCUT2D eigenvalue weighted by atomic mass is 16.6. The number of carbonyl (C=O) groups excluding carboxylic acids is 2. The van der Waals surface area contributed by atoms with Crippen LogP contribution in [0.3, 0.4) is 0 Å². The van der Waals surface area contributed by atoms with Crippen molar-refractivity contribution in [2.24, 2.45) is 0 Å². The van der Waals surface area contributed by atoms with Crippen molar-refractivity contribution in [2.45, 2.75) is 51.2 Å². The minimum atomic E-state index is -0.275. The van der Waals surface area contributed by atoms with Gasteiger partial charge in [-0.05, 0) is 56.9 Å². The summed E-state index contributed by atoms with van der Waals surface area (Å²) in [6.07, 6.45) is 6.28. The van der Waals surface area contributed by atoms with Gasteiger partial charge < -0.3 is 24.6 Å². The third-order valence-electron chi connectivity index (χ3n) is 6.77. The van der Waals surface area contributed by atoms with Crippen LogP contribution in [0.5, 0.6) is 5.75 Å². The van der Waals surface area contributed by atoms with Gasteiger partial charge in [-0.15, -0.1) is 0 Å². The molecule has 0 atom stereocenters. The molecule has 0 aromatic heterocycles. The molecule has 32 heavy (non-hydrogen) atoms. The van der Waals surface area contributed by atoms with E-state index < -0.39 is 0 Å². The lowest BCUT2D eigenvalue weighted by molar-refractivity contribution is -0.117. The summed E-state index contributed by atoms with van der Waals surface area (Å²) in [5.41, 5.74) is 0.771. The number of hydrogen-bond donors (Lipinski definition) is 1. The Hall–Kier alpha value is -2.32. The lowest BCUT2D eigenvalue weighted by Crippen LogP contribution is -2.50. The topological polar surface area (TPSA) is 74.3 Å². The average molecular weight is 445 g/mol. The standard InChI is InChI=1S/C24H36N4O4/c1-2-31-24(30)28-16-14-26(15-17-28)18-23(29)25-19-6-8-21(9-7-19)32-22-10-12-27(13-11-22)20-4-3-5-20/h6-9,20,22H,2-5,10-18H2,1H3,(H,25,29). The monoisotopic (exact) mass is 444 g/mol. The molecule has 1 aromatic rings. The number of hydrogen-bond acceptors (Lipinski definition) is 6. The summed E-state index contributed by atoms with van der Waals surface area (Å²) in [5.74, 6) is 0.812. The maximum atomic E-state index is 12.4. The zero-order chi connectivity index (χ0) is 22.3. The fourth-order valence-electron chi connectivity index (χ4n) is 4.63. The van der Waals surface area contributed by atoms with Gasteiger partial charge in [0.1, 0.15) is 11.9 Å². The first-order chi connectivity index (χ1) is 15.6. The van der Waals surface area contributed by atoms with Crippen molar-refractivity contribution in [3.8, 4) is 5.75 Å². The molecule has 0 radical (unpaired) electrons. The molecule has 3 aliphatic rings. The van der Waals surface area contributed by atoms with Gasteiger partial charge in [0.25, 0.3) is 0 Å². The molecule has 3 fully saturated rings. The van der Waals surface area contributed by atoms with Gasteiger partial charge in [0.2, 0.25) is 5.91 Å². The van der Waals surface area contributed by atoms with Crippen LogP contribution in [0.25, 0.3) is 0 Å². The van der Waals surface area contributed by atoms with E-state index in [1.807, 2.05) is 24.3 Å². The van der Waals surface area contributed by atoms with Gasteiger partial charge in [-0.2, -0.15) is 0 Å². The minimum absolute atomic E-state index is 0.0494. The highest BCUT2D eigenvalue weighted by molar-refractivity contribution is 5.92. The number of carbonyl (C=O) groups is 2. The van der Waals surface area contributed by atoms with E-state index in [1.165, 1.54) is 19.3 Å². The van der Waals surface area contributed by atoms with Crippen molar-refractivity contribution in [1.29, 1.82) is 0 Å². The van der Waals surface area contributed by atoms with Gasteiger partial charge >= 0.3 is 6.09 Å². The van der Waals surface area contributed by atoms with Crippen molar-refractivity contribution in [2.75, 3.05) is 57.7 Å². The number of benzene rings is 1. The number of likely N-dealkylation sites (tertiary alicyclic amines) is 1. The molecule has 0 spiro atoms. The molecule has 0 unspecified atom stereocenters. The molecular weight excluding hydrogens is 408 g/mol. The van der Waals surface area contributed by atoms with E-state index in [4.69, 9.17) is 9.47 Å². The predicted octanol–water partition coefficient (Wildman–Crippen LogP) is 2.79. The second-order valence-corrected chi connectivity index (χ2v) is 8.97. The van der Waals surface area contributed by atoms with Crippen LogP contribution in [0.4, 0.5) is 10.5 Å². The van der Waals surface area contributed by atoms with Gasteiger partial charge in [0.15, 0.2) is 0 Å². The number of nitrogens with one attached hydrogen (secondary N) is 1. The third kappa shape index (κ3) is 6.13. The molecule has 1 aromatic carbocycles. The number of ether oxygens (including phenoxy) is 2. The van der Waals surface area contributed by atoms with Gasteiger partial charge in [-0.1, -0.05) is 6.42 Å². The summed E-state index contributed by atoms with van der Waals surface area (Å²) in [6, 6.07) is 8.49. The Balaban J connectivity index is 1.15. The Labute approximate surface area is 190 Å². The van der Waals surface area contributed by atoms with Gasteiger partial charge in [-0.25, -0.2) is 4.79 Å². The van der Waals surface area contributed by atoms with E-state index in [9.17, 15) is 9.59 Å². The molecule has 1 saturated carbocycles. The van der Waals surface area contributed by atoms with Crippen molar-refractivity contribution >= 4 is 17.7 Å². The van der Waals surface area contributed by atoms with E-state index in [0.717, 1.165) is 43.4 Å². The molecule has 8 nitrogen and oxygen atoms in total. The molecule has 8 heteroatoms. The third-order valence-corrected chi connectivity index (χ3v) is 6.77. The molecule has 0 bridgehead atoms. The highest BCUT2D eigenvalue weighted by Gasteiger charge is 2.29. The van der Waals surface area contributed by atoms with Crippen molar-refractivity contribution in [1.82, 2.24) is 14.7 Å². The summed E-state index contributed by atoms with van der Waals surface area (Å²) in [6.45, 7) is 7.26. The fourth-order valence-corrected chi connectivity index (χ4v) is 4.63. The molecule has 4 rings (SSSR count). The first-order valence-corrected chi connectivity index (χ1v) is 12.1. The summed E-state index contributed by atoms with van der Waals surface area (Å²) in [7, 11) is 0. The number of anilines is 1. The first kappa shape index (κ1) is 22.9. The van der Waals surface area contributed by atoms with Crippen LogP contribution in [-0.2, 0) is 9.53 Å². The van der Waals surface area contributed by atoms with Crippen LogP contribution in [0.15, 0.2) is 24.3 Å². The van der Waals surface area contributed by atoms with Crippen LogP contribution >= 0.6 is 0 Å². The Bertz CT molecular complexity index is 752. The molecule has 1 N–H and O–H groups in total. The normalized spacial score (nSPS) is 21.1. The van der Waals surface area contributed by atoms with Crippen LogP contribution in [0, 0.1) is 0 Å². The number of rotatable bonds is 7. The van der Waals surface area contributed by atoms with Crippen molar-refractivity contribution in [3.05, 3.63) is 24.3 Å². The Morgan fingerprint density at radius 2 is 1.66 bits per heavy atom. The summed E-state index contributed by atoms with van der Waals surface area (Å²) >= 11 is 0. The van der Waals surface area contributed by atoms with Gasteiger partial charge in [-0.3, -0.25) is 9.69 Å². The predicted molar refractivity (Wildman–Crippen MR) is 123 cm³/mol. The fraction of sp³-hybridized carbons (Fsp3) is 0.667. The van der Waals surface area contributed by atoms with Gasteiger partial charge in [0.05, 0.1) is 13.2 Å². The molecule has 2 amide bonds. The lowest BCUT2D eigenvalue weighted by atomic mass is 9.90. The van der Waals surface area contributed by atoms with Crippen LogP contribution in [-0.4, -0.2) is 91.3 Å². The summed E-state index contributed by atoms with van der Waals surface area (Å²) < 4.78 is 11.2. The SMILES string of the molecule is CCOC(=O)N1CCN(CC(=O)Nc2ccc(OC3CCN(C4CCC4)CC3)cc2)CC1. The van der Waals surface area contributed by atoms with E-state index >= 15 is 0 Å². The largest absolute Gasteiger partial charge is 0.490 e. The summed E-state index contributed by atoms with van der Waals surface area (Å²) in [5, 5.41) is 2.96. The second-order valence-electron chi connectivity index (χ2n) is 8.97. The quantitative estimate of drug-likeness (QED) is 0.697. The van der Waals surface area contributed by atoms with Crippen LogP contribution in [0.2, 0.25) is 0 Å². The van der Waals surface area contributed by atoms with Crippen molar-refractivity contribution < 1.29 is 19.1 Å². The van der Waals surface area contributed by atoms with E-state index in [-0.39, 0.29) is 18.1 Å². The Morgan fingerprint density at radius 1 is 0.969 bits per heavy atom. The minimum Gasteiger partial charge on any atom is -0.490 e. The summed E-state index contributed by atoms with van der Waals surface area (Å²) in [4.78, 5) is 30.6. The van der Waals surface area contributed by atoms with Crippen molar-refractivity contribution in [3.63, 3.8) is 0 Å². The molecule has 1 aliphatic carbocycles. The average Bonchev–Trinajstić information content (AvgIpc) is 2.76. The van der Waals surface area contributed by atoms with E-state index in [2.05, 4.69) is 15.1 Å². The molecule has 176 valence electrons. The zero-order valence-electron chi connectivity index (χ0n) is 19.1. The van der Waals surface area contributed by atoms with Gasteiger partial charge in [0, 0.05) is 51.0 Å². The number of nitrogens with zero attached hydrogens (tertiary/aromatic N) is 3. The molecule has 2 saturated heterocycles. The van der Waals surface area contributed by atoms with E-state index in [0.29, 0.717) is 39.3 Å². The van der Waals surface area contributed by atoms with Crippen LogP contribution in [0.1, 0.15) is 39.0 Å². The maximum Gasteiger partial charge on any atom is 0.409 e. The Kier molecular flexibility index (Phi) is 7.86. The molecular formula is C24H36N4O4. The zero-order valence-corrected chi connectivity index (χ0v) is 19.1. The van der Waals surface area contributed by atoms with Crippen LogP contribution < -0.4 is 10.1 Å². The lowest BCUT2D eigenvalue weighted by Gasteiger charge is -2.41. The maximum absolute atomic E-state index is 12.4. The van der Waals surface area contributed by atoms with E-state index in [1.54, 1.807) is 11.8 Å². The molecule has 2 aliphatic heterocycles. The second kappa shape index (κ2) is 11.0. The smallest absolute Gasteiger partial charge is 0.409 e. The highest BCUT2D eigenvalue weighted by Crippen LogP contribution is 2.28. The number of amides is 2. The Morgan fingerprint density at radius 3 is 2.25 bits per heavy atom. The number of piperidine rings is 1. The molecule has 2 heterocycles. The first-order valence-electron chi connectivity index (χ1n) is 12.1. The number of piperazine rings is 1.